The quantitative estimate of drug-likeness (QED) is 0.713. The van der Waals surface area contributed by atoms with E-state index >= 15 is 0 Å². The van der Waals surface area contributed by atoms with Crippen LogP contribution in [0.1, 0.15) is 29.6 Å². The van der Waals surface area contributed by atoms with E-state index in [1.807, 2.05) is 0 Å². The maximum atomic E-state index is 10.3. The number of hydrogen-bond donors (Lipinski definition) is 1. The molecule has 66 valence electrons. The van der Waals surface area contributed by atoms with Crippen LogP contribution in [0.2, 0.25) is 0 Å². The molecule has 6 nitrogen and oxygen atoms in total. The van der Waals surface area contributed by atoms with E-state index in [-0.39, 0.29) is 12.0 Å². The summed E-state index contributed by atoms with van der Waals surface area (Å²) in [4.78, 5) is 10.3. The topological polar surface area (TPSA) is 85.5 Å². The first-order chi connectivity index (χ1) is 5.65. The zero-order valence-corrected chi connectivity index (χ0v) is 6.64. The Labute approximate surface area is 68.2 Å². The van der Waals surface area contributed by atoms with Gasteiger partial charge in [0.2, 0.25) is 5.89 Å². The van der Waals surface area contributed by atoms with Gasteiger partial charge in [0.05, 0.1) is 0 Å². The normalized spacial score (nSPS) is 12.8. The summed E-state index contributed by atoms with van der Waals surface area (Å²) < 4.78 is 9.59. The van der Waals surface area contributed by atoms with E-state index in [2.05, 4.69) is 10.2 Å². The van der Waals surface area contributed by atoms with Crippen LogP contribution in [0.15, 0.2) is 4.42 Å². The smallest absolute Gasteiger partial charge is 0.393 e. The molecule has 1 unspecified atom stereocenters. The molecule has 0 radical (unpaired) electrons. The monoisotopic (exact) mass is 172 g/mol. The van der Waals surface area contributed by atoms with Crippen molar-refractivity contribution in [2.24, 2.45) is 0 Å². The van der Waals surface area contributed by atoms with Gasteiger partial charge in [-0.15, -0.1) is 10.2 Å². The van der Waals surface area contributed by atoms with Gasteiger partial charge >= 0.3 is 11.9 Å². The zero-order valence-electron chi connectivity index (χ0n) is 6.64. The number of carbonyl (C=O) groups is 1. The minimum atomic E-state index is -1.24. The number of aromatic carboxylic acids is 1. The van der Waals surface area contributed by atoms with E-state index in [0.717, 1.165) is 0 Å². The van der Waals surface area contributed by atoms with Gasteiger partial charge in [-0.25, -0.2) is 4.79 Å². The highest BCUT2D eigenvalue weighted by Crippen LogP contribution is 2.13. The van der Waals surface area contributed by atoms with Crippen molar-refractivity contribution in [3.8, 4) is 0 Å². The third-order valence-corrected chi connectivity index (χ3v) is 1.32. The van der Waals surface area contributed by atoms with Crippen LogP contribution in [0.5, 0.6) is 0 Å². The number of rotatable bonds is 3. The summed E-state index contributed by atoms with van der Waals surface area (Å²) in [5, 5.41) is 15.2. The molecule has 0 aliphatic carbocycles. The molecular formula is C6H8N2O4. The Kier molecular flexibility index (Phi) is 2.39. The van der Waals surface area contributed by atoms with Gasteiger partial charge in [-0.1, -0.05) is 0 Å². The highest BCUT2D eigenvalue weighted by molar-refractivity contribution is 5.81. The van der Waals surface area contributed by atoms with Crippen LogP contribution in [-0.2, 0) is 4.74 Å². The summed E-state index contributed by atoms with van der Waals surface area (Å²) in [5.41, 5.74) is 0. The van der Waals surface area contributed by atoms with Crippen molar-refractivity contribution < 1.29 is 19.1 Å². The first kappa shape index (κ1) is 8.66. The average molecular weight is 172 g/mol. The van der Waals surface area contributed by atoms with Gasteiger partial charge in [-0.2, -0.15) is 0 Å². The number of carboxylic acids is 1. The average Bonchev–Trinajstić information content (AvgIpc) is 2.51. The Morgan fingerprint density at radius 2 is 2.33 bits per heavy atom. The van der Waals surface area contributed by atoms with Crippen molar-refractivity contribution >= 4 is 5.97 Å². The van der Waals surface area contributed by atoms with Crippen LogP contribution in [0.25, 0.3) is 0 Å². The lowest BCUT2D eigenvalue weighted by molar-refractivity contribution is 0.0629. The summed E-state index contributed by atoms with van der Waals surface area (Å²) >= 11 is 0. The lowest BCUT2D eigenvalue weighted by Crippen LogP contribution is -1.96. The largest absolute Gasteiger partial charge is 0.474 e. The predicted molar refractivity (Wildman–Crippen MR) is 36.7 cm³/mol. The fourth-order valence-electron chi connectivity index (χ4n) is 0.586. The molecule has 0 amide bonds. The molecular weight excluding hydrogens is 164 g/mol. The van der Waals surface area contributed by atoms with Crippen LogP contribution in [0.4, 0.5) is 0 Å². The van der Waals surface area contributed by atoms with E-state index in [9.17, 15) is 4.79 Å². The van der Waals surface area contributed by atoms with Gasteiger partial charge < -0.3 is 14.3 Å². The third-order valence-electron chi connectivity index (χ3n) is 1.32. The van der Waals surface area contributed by atoms with E-state index in [0.29, 0.717) is 0 Å². The fraction of sp³-hybridized carbons (Fsp3) is 0.500. The van der Waals surface area contributed by atoms with Crippen molar-refractivity contribution in [2.75, 3.05) is 7.11 Å². The predicted octanol–water partition coefficient (Wildman–Crippen LogP) is 0.475. The second kappa shape index (κ2) is 3.31. The minimum absolute atomic E-state index is 0.162. The Bertz CT molecular complexity index is 283. The van der Waals surface area contributed by atoms with Gasteiger partial charge in [0, 0.05) is 7.11 Å². The van der Waals surface area contributed by atoms with Crippen molar-refractivity contribution in [3.63, 3.8) is 0 Å². The van der Waals surface area contributed by atoms with Crippen LogP contribution in [-0.4, -0.2) is 28.4 Å². The third kappa shape index (κ3) is 1.59. The Hall–Kier alpha value is -1.43. The summed E-state index contributed by atoms with van der Waals surface area (Å²) in [6.45, 7) is 1.68. The summed E-state index contributed by atoms with van der Waals surface area (Å²) in [7, 11) is 1.47. The van der Waals surface area contributed by atoms with E-state index in [1.54, 1.807) is 6.92 Å². The number of carboxylic acid groups (broad SMARTS) is 1. The van der Waals surface area contributed by atoms with Gasteiger partial charge in [0.25, 0.3) is 0 Å². The Morgan fingerprint density at radius 3 is 2.75 bits per heavy atom. The standard InChI is InChI=1S/C6H8N2O4/c1-3(11-2)4-7-8-5(12-4)6(9)10/h3H,1-2H3,(H,9,10). The van der Waals surface area contributed by atoms with Crippen molar-refractivity contribution in [3.05, 3.63) is 11.8 Å². The Balaban J connectivity index is 2.84. The van der Waals surface area contributed by atoms with E-state index in [4.69, 9.17) is 14.3 Å². The van der Waals surface area contributed by atoms with Crippen molar-refractivity contribution in [2.45, 2.75) is 13.0 Å². The SMILES string of the molecule is COC(C)c1nnc(C(=O)O)o1. The molecule has 1 N–H and O–H groups in total. The molecule has 0 aromatic carbocycles. The summed E-state index contributed by atoms with van der Waals surface area (Å²) in [6, 6.07) is 0. The summed E-state index contributed by atoms with van der Waals surface area (Å²) in [5.74, 6) is -1.50. The number of methoxy groups -OCH3 is 1. The van der Waals surface area contributed by atoms with Crippen LogP contribution < -0.4 is 0 Å². The molecule has 0 spiro atoms. The summed E-state index contributed by atoms with van der Waals surface area (Å²) in [6.07, 6.45) is -0.384. The maximum absolute atomic E-state index is 10.3. The molecule has 0 saturated heterocycles. The zero-order chi connectivity index (χ0) is 9.14. The molecule has 0 aliphatic heterocycles. The molecule has 1 aromatic heterocycles. The van der Waals surface area contributed by atoms with Crippen molar-refractivity contribution in [1.82, 2.24) is 10.2 Å². The lowest BCUT2D eigenvalue weighted by atomic mass is 10.4. The number of hydrogen-bond acceptors (Lipinski definition) is 5. The Morgan fingerprint density at radius 1 is 1.67 bits per heavy atom. The van der Waals surface area contributed by atoms with Gasteiger partial charge in [-0.3, -0.25) is 0 Å². The maximum Gasteiger partial charge on any atom is 0.393 e. The molecule has 0 fully saturated rings. The number of ether oxygens (including phenoxy) is 1. The second-order valence-electron chi connectivity index (χ2n) is 2.13. The van der Waals surface area contributed by atoms with E-state index < -0.39 is 11.9 Å². The molecule has 6 heteroatoms. The molecule has 1 heterocycles. The van der Waals surface area contributed by atoms with Crippen LogP contribution in [0, 0.1) is 0 Å². The molecule has 0 saturated carbocycles. The molecule has 0 bridgehead atoms. The minimum Gasteiger partial charge on any atom is -0.474 e. The van der Waals surface area contributed by atoms with Gasteiger partial charge in [0.1, 0.15) is 6.10 Å². The van der Waals surface area contributed by atoms with Crippen LogP contribution >= 0.6 is 0 Å². The second-order valence-corrected chi connectivity index (χ2v) is 2.13. The first-order valence-corrected chi connectivity index (χ1v) is 3.24. The molecule has 1 rings (SSSR count). The molecule has 0 aliphatic rings. The van der Waals surface area contributed by atoms with Gasteiger partial charge in [-0.05, 0) is 6.92 Å². The van der Waals surface area contributed by atoms with Crippen LogP contribution in [0.3, 0.4) is 0 Å². The number of nitrogens with zero attached hydrogens (tertiary/aromatic N) is 2. The highest BCUT2D eigenvalue weighted by Gasteiger charge is 2.16. The molecule has 1 atom stereocenters. The fourth-order valence-corrected chi connectivity index (χ4v) is 0.586. The molecule has 12 heavy (non-hydrogen) atoms. The van der Waals surface area contributed by atoms with Gasteiger partial charge in [0.15, 0.2) is 0 Å². The van der Waals surface area contributed by atoms with E-state index in [1.165, 1.54) is 7.11 Å². The van der Waals surface area contributed by atoms with Crippen molar-refractivity contribution in [1.29, 1.82) is 0 Å². The lowest BCUT2D eigenvalue weighted by Gasteiger charge is -2.00. The molecule has 1 aromatic rings. The highest BCUT2D eigenvalue weighted by atomic mass is 16.5. The number of aromatic nitrogens is 2. The first-order valence-electron chi connectivity index (χ1n) is 3.24.